The fourth-order valence-corrected chi connectivity index (χ4v) is 3.63. The molecule has 2 aromatic carbocycles. The van der Waals surface area contributed by atoms with Gasteiger partial charge in [-0.1, -0.05) is 48.5 Å². The smallest absolute Gasteiger partial charge is 0.223 e. The lowest BCUT2D eigenvalue weighted by Gasteiger charge is -2.32. The van der Waals surface area contributed by atoms with Gasteiger partial charge in [-0.05, 0) is 44.5 Å². The number of hydrogen-bond acceptors (Lipinski definition) is 3. The lowest BCUT2D eigenvalue weighted by molar-refractivity contribution is -0.127. The quantitative estimate of drug-likeness (QED) is 0.860. The molecule has 1 aliphatic heterocycles. The number of benzene rings is 2. The molecule has 1 saturated heterocycles. The van der Waals surface area contributed by atoms with Crippen LogP contribution in [-0.2, 0) is 11.3 Å². The number of likely N-dealkylation sites (tertiary alicyclic amines) is 1. The predicted octanol–water partition coefficient (Wildman–Crippen LogP) is 3.78. The fourth-order valence-electron chi connectivity index (χ4n) is 3.63. The van der Waals surface area contributed by atoms with E-state index in [2.05, 4.69) is 34.5 Å². The second-order valence-electron chi connectivity index (χ2n) is 7.01. The molecule has 1 fully saturated rings. The third kappa shape index (κ3) is 4.64. The number of methoxy groups -OCH3 is 1. The molecule has 0 aliphatic carbocycles. The van der Waals surface area contributed by atoms with Crippen molar-refractivity contribution in [1.29, 1.82) is 0 Å². The first-order valence-electron chi connectivity index (χ1n) is 9.37. The van der Waals surface area contributed by atoms with Gasteiger partial charge in [-0.15, -0.1) is 0 Å². The molecule has 0 aromatic heterocycles. The van der Waals surface area contributed by atoms with Crippen LogP contribution in [0.1, 0.15) is 36.9 Å². The van der Waals surface area contributed by atoms with Crippen LogP contribution >= 0.6 is 0 Å². The molecule has 0 saturated carbocycles. The van der Waals surface area contributed by atoms with E-state index in [4.69, 9.17) is 4.74 Å². The monoisotopic (exact) mass is 352 g/mol. The summed E-state index contributed by atoms with van der Waals surface area (Å²) >= 11 is 0. The van der Waals surface area contributed by atoms with E-state index in [0.717, 1.165) is 43.8 Å². The van der Waals surface area contributed by atoms with Crippen molar-refractivity contribution in [3.05, 3.63) is 65.7 Å². The van der Waals surface area contributed by atoms with Gasteiger partial charge in [0.05, 0.1) is 13.2 Å². The molecule has 1 atom stereocenters. The summed E-state index contributed by atoms with van der Waals surface area (Å²) in [5.41, 5.74) is 2.35. The van der Waals surface area contributed by atoms with Gasteiger partial charge in [0.25, 0.3) is 0 Å². The van der Waals surface area contributed by atoms with E-state index in [1.807, 2.05) is 37.3 Å². The van der Waals surface area contributed by atoms with E-state index in [1.165, 1.54) is 5.56 Å². The van der Waals surface area contributed by atoms with Crippen molar-refractivity contribution in [3.8, 4) is 5.75 Å². The molecule has 1 aliphatic rings. The van der Waals surface area contributed by atoms with Gasteiger partial charge >= 0.3 is 0 Å². The highest BCUT2D eigenvalue weighted by Crippen LogP contribution is 2.26. The van der Waals surface area contributed by atoms with Crippen LogP contribution in [0.5, 0.6) is 5.75 Å². The summed E-state index contributed by atoms with van der Waals surface area (Å²) < 4.78 is 5.41. The number of amides is 1. The number of para-hydroxylation sites is 1. The molecule has 0 radical (unpaired) electrons. The number of hydrogen-bond donors (Lipinski definition) is 1. The van der Waals surface area contributed by atoms with Crippen molar-refractivity contribution in [2.24, 2.45) is 5.92 Å². The minimum absolute atomic E-state index is 0.0546. The first kappa shape index (κ1) is 18.5. The number of piperidine rings is 1. The first-order chi connectivity index (χ1) is 12.7. The Balaban J connectivity index is 1.50. The summed E-state index contributed by atoms with van der Waals surface area (Å²) in [4.78, 5) is 15.1. The zero-order valence-corrected chi connectivity index (χ0v) is 15.7. The molecule has 26 heavy (non-hydrogen) atoms. The zero-order chi connectivity index (χ0) is 18.4. The number of nitrogens with zero attached hydrogens (tertiary/aromatic N) is 1. The molecule has 1 N–H and O–H groups in total. The van der Waals surface area contributed by atoms with Gasteiger partial charge in [0, 0.05) is 18.0 Å². The van der Waals surface area contributed by atoms with Gasteiger partial charge in [-0.25, -0.2) is 0 Å². The van der Waals surface area contributed by atoms with Gasteiger partial charge in [0.1, 0.15) is 5.75 Å². The molecule has 1 amide bonds. The van der Waals surface area contributed by atoms with Crippen LogP contribution in [0.25, 0.3) is 0 Å². The van der Waals surface area contributed by atoms with Gasteiger partial charge in [0.2, 0.25) is 5.91 Å². The van der Waals surface area contributed by atoms with Crippen LogP contribution in [0.3, 0.4) is 0 Å². The number of carbonyl (C=O) groups is 1. The van der Waals surface area contributed by atoms with Gasteiger partial charge in [-0.3, -0.25) is 9.69 Å². The second kappa shape index (κ2) is 8.86. The molecule has 0 spiro atoms. The number of ether oxygens (including phenoxy) is 1. The molecule has 1 heterocycles. The third-order valence-electron chi connectivity index (χ3n) is 5.17. The molecule has 2 aromatic rings. The highest BCUT2D eigenvalue weighted by molar-refractivity contribution is 5.79. The van der Waals surface area contributed by atoms with Crippen molar-refractivity contribution >= 4 is 5.91 Å². The van der Waals surface area contributed by atoms with E-state index in [9.17, 15) is 4.79 Å². The van der Waals surface area contributed by atoms with Crippen LogP contribution in [0.4, 0.5) is 0 Å². The Morgan fingerprint density at radius 3 is 2.46 bits per heavy atom. The molecule has 4 nitrogen and oxygen atoms in total. The van der Waals surface area contributed by atoms with Crippen molar-refractivity contribution in [3.63, 3.8) is 0 Å². The number of carbonyl (C=O) groups excluding carboxylic acids is 1. The standard InChI is InChI=1S/C22H28N2O2/c1-17(20-10-6-7-11-21(20)26-2)23-22(25)19-12-14-24(15-13-19)16-18-8-4-3-5-9-18/h3-11,17,19H,12-16H2,1-2H3,(H,23,25)/t17-/m0/s1. The minimum Gasteiger partial charge on any atom is -0.496 e. The number of rotatable bonds is 6. The first-order valence-corrected chi connectivity index (χ1v) is 9.37. The summed E-state index contributed by atoms with van der Waals surface area (Å²) in [5, 5.41) is 3.17. The topological polar surface area (TPSA) is 41.6 Å². The zero-order valence-electron chi connectivity index (χ0n) is 15.7. The predicted molar refractivity (Wildman–Crippen MR) is 104 cm³/mol. The molecular formula is C22H28N2O2. The van der Waals surface area contributed by atoms with E-state index >= 15 is 0 Å². The molecule has 0 bridgehead atoms. The Hall–Kier alpha value is -2.33. The average Bonchev–Trinajstić information content (AvgIpc) is 2.69. The van der Waals surface area contributed by atoms with Gasteiger partial charge in [-0.2, -0.15) is 0 Å². The highest BCUT2D eigenvalue weighted by atomic mass is 16.5. The van der Waals surface area contributed by atoms with E-state index in [0.29, 0.717) is 0 Å². The summed E-state index contributed by atoms with van der Waals surface area (Å²) in [6.07, 6.45) is 1.83. The average molecular weight is 352 g/mol. The van der Waals surface area contributed by atoms with Crippen LogP contribution in [-0.4, -0.2) is 31.0 Å². The van der Waals surface area contributed by atoms with Crippen LogP contribution in [0.15, 0.2) is 54.6 Å². The lowest BCUT2D eigenvalue weighted by atomic mass is 9.94. The molecule has 3 rings (SSSR count). The maximum absolute atomic E-state index is 12.7. The Bertz CT molecular complexity index is 709. The Kier molecular flexibility index (Phi) is 6.29. The Labute approximate surface area is 156 Å². The van der Waals surface area contributed by atoms with Crippen molar-refractivity contribution < 1.29 is 9.53 Å². The van der Waals surface area contributed by atoms with Crippen molar-refractivity contribution in [2.45, 2.75) is 32.4 Å². The van der Waals surface area contributed by atoms with Gasteiger partial charge < -0.3 is 10.1 Å². The van der Waals surface area contributed by atoms with E-state index in [1.54, 1.807) is 7.11 Å². The minimum atomic E-state index is -0.0546. The third-order valence-corrected chi connectivity index (χ3v) is 5.17. The molecular weight excluding hydrogens is 324 g/mol. The SMILES string of the molecule is COc1ccccc1[C@H](C)NC(=O)C1CCN(Cc2ccccc2)CC1. The maximum atomic E-state index is 12.7. The normalized spacial score (nSPS) is 16.8. The van der Waals surface area contributed by atoms with Crippen molar-refractivity contribution in [2.75, 3.05) is 20.2 Å². The highest BCUT2D eigenvalue weighted by Gasteiger charge is 2.26. The van der Waals surface area contributed by atoms with E-state index < -0.39 is 0 Å². The van der Waals surface area contributed by atoms with Crippen molar-refractivity contribution in [1.82, 2.24) is 10.2 Å². The largest absolute Gasteiger partial charge is 0.496 e. The number of nitrogens with one attached hydrogen (secondary N) is 1. The molecule has 4 heteroatoms. The summed E-state index contributed by atoms with van der Waals surface area (Å²) in [6.45, 7) is 4.92. The maximum Gasteiger partial charge on any atom is 0.223 e. The summed E-state index contributed by atoms with van der Waals surface area (Å²) in [6, 6.07) is 18.3. The lowest BCUT2D eigenvalue weighted by Crippen LogP contribution is -2.40. The fraction of sp³-hybridized carbons (Fsp3) is 0.409. The second-order valence-corrected chi connectivity index (χ2v) is 7.01. The van der Waals surface area contributed by atoms with Crippen LogP contribution in [0, 0.1) is 5.92 Å². The molecule has 0 unspecified atom stereocenters. The molecule has 138 valence electrons. The van der Waals surface area contributed by atoms with Crippen LogP contribution in [0.2, 0.25) is 0 Å². The van der Waals surface area contributed by atoms with Crippen LogP contribution < -0.4 is 10.1 Å². The summed E-state index contributed by atoms with van der Waals surface area (Å²) in [7, 11) is 1.66. The summed E-state index contributed by atoms with van der Waals surface area (Å²) in [5.74, 6) is 1.07. The Morgan fingerprint density at radius 1 is 1.12 bits per heavy atom. The Morgan fingerprint density at radius 2 is 1.77 bits per heavy atom. The van der Waals surface area contributed by atoms with Gasteiger partial charge in [0.15, 0.2) is 0 Å². The van der Waals surface area contributed by atoms with E-state index in [-0.39, 0.29) is 17.9 Å².